The normalized spacial score (nSPS) is 20.3. The maximum absolute atomic E-state index is 12.2. The van der Waals surface area contributed by atoms with Gasteiger partial charge in [0.2, 0.25) is 5.91 Å². The Bertz CT molecular complexity index is 506. The van der Waals surface area contributed by atoms with Crippen LogP contribution in [0.5, 0.6) is 0 Å². The van der Waals surface area contributed by atoms with Gasteiger partial charge < -0.3 is 10.6 Å². The van der Waals surface area contributed by atoms with Gasteiger partial charge in [-0.05, 0) is 53.4 Å². The Labute approximate surface area is 165 Å². The second-order valence-corrected chi connectivity index (χ2v) is 8.93. The van der Waals surface area contributed by atoms with Crippen LogP contribution in [0.3, 0.4) is 0 Å². The van der Waals surface area contributed by atoms with Crippen molar-refractivity contribution in [2.75, 3.05) is 6.54 Å². The van der Waals surface area contributed by atoms with Crippen LogP contribution in [0.1, 0.15) is 72.6 Å². The van der Waals surface area contributed by atoms with Crippen molar-refractivity contribution < 1.29 is 22.8 Å². The minimum absolute atomic E-state index is 0.00297. The average Bonchev–Trinajstić information content (AvgIpc) is 2.49. The number of thiol groups is 1. The summed E-state index contributed by atoms with van der Waals surface area (Å²) in [5.41, 5.74) is -0.243. The van der Waals surface area contributed by atoms with Crippen LogP contribution in [-0.4, -0.2) is 46.0 Å². The maximum atomic E-state index is 12.2. The predicted molar refractivity (Wildman–Crippen MR) is 102 cm³/mol. The molecule has 0 aromatic carbocycles. The zero-order chi connectivity index (χ0) is 20.9. The summed E-state index contributed by atoms with van der Waals surface area (Å²) in [7, 11) is 0. The molecule has 0 unspecified atom stereocenters. The number of hydrogen-bond acceptors (Lipinski definition) is 4. The third kappa shape index (κ3) is 7.89. The van der Waals surface area contributed by atoms with E-state index < -0.39 is 12.1 Å². The van der Waals surface area contributed by atoms with Crippen LogP contribution in [0.4, 0.5) is 13.2 Å². The number of halogens is 3. The smallest absolute Gasteiger partial charge is 0.353 e. The minimum Gasteiger partial charge on any atom is -0.353 e. The fraction of sp³-hybridized carbons (Fsp3) is 0.889. The van der Waals surface area contributed by atoms with Crippen molar-refractivity contribution in [3.63, 3.8) is 0 Å². The molecule has 1 heterocycles. The van der Waals surface area contributed by atoms with Crippen LogP contribution in [0.25, 0.3) is 0 Å². The molecule has 0 radical (unpaired) electrons. The first-order chi connectivity index (χ1) is 12.3. The monoisotopic (exact) mass is 411 g/mol. The fourth-order valence-electron chi connectivity index (χ4n) is 3.74. The van der Waals surface area contributed by atoms with E-state index in [1.165, 1.54) is 0 Å². The van der Waals surface area contributed by atoms with E-state index in [0.29, 0.717) is 25.7 Å². The van der Waals surface area contributed by atoms with E-state index in [9.17, 15) is 22.8 Å². The molecule has 27 heavy (non-hydrogen) atoms. The van der Waals surface area contributed by atoms with E-state index >= 15 is 0 Å². The number of unbranched alkanes of at least 4 members (excludes halogenated alkanes) is 3. The second kappa shape index (κ2) is 9.49. The summed E-state index contributed by atoms with van der Waals surface area (Å²) >= 11 is 4.61. The van der Waals surface area contributed by atoms with Crippen LogP contribution < -0.4 is 10.6 Å². The van der Waals surface area contributed by atoms with Crippen LogP contribution in [0.15, 0.2) is 0 Å². The van der Waals surface area contributed by atoms with Crippen molar-refractivity contribution in [3.05, 3.63) is 0 Å². The highest BCUT2D eigenvalue weighted by Gasteiger charge is 2.44. The van der Waals surface area contributed by atoms with Crippen LogP contribution >= 0.6 is 12.8 Å². The van der Waals surface area contributed by atoms with Gasteiger partial charge in [0, 0.05) is 30.1 Å². The van der Waals surface area contributed by atoms with Crippen LogP contribution in [0.2, 0.25) is 0 Å². The summed E-state index contributed by atoms with van der Waals surface area (Å²) < 4.78 is 38.1. The number of alkyl halides is 3. The molecule has 0 aromatic rings. The van der Waals surface area contributed by atoms with Gasteiger partial charge in [-0.15, -0.1) is 0 Å². The number of amides is 2. The summed E-state index contributed by atoms with van der Waals surface area (Å²) in [5, 5.41) is 4.94. The second-order valence-electron chi connectivity index (χ2n) is 8.53. The molecule has 9 heteroatoms. The first kappa shape index (κ1) is 24.1. The topological polar surface area (TPSA) is 61.4 Å². The van der Waals surface area contributed by atoms with Crippen molar-refractivity contribution >= 4 is 24.6 Å². The molecule has 158 valence electrons. The predicted octanol–water partition coefficient (Wildman–Crippen LogP) is 3.60. The van der Waals surface area contributed by atoms with E-state index in [1.807, 2.05) is 5.32 Å². The molecule has 1 fully saturated rings. The number of nitrogens with zero attached hydrogens (tertiary/aromatic N) is 1. The molecule has 1 aliphatic heterocycles. The van der Waals surface area contributed by atoms with Crippen LogP contribution in [-0.2, 0) is 9.59 Å². The highest BCUT2D eigenvalue weighted by Crippen LogP contribution is 2.39. The Morgan fingerprint density at radius 3 is 2.07 bits per heavy atom. The Balaban J connectivity index is 2.20. The molecular formula is C18H32F3N3O2S. The van der Waals surface area contributed by atoms with Crippen molar-refractivity contribution in [3.8, 4) is 0 Å². The van der Waals surface area contributed by atoms with Gasteiger partial charge in [-0.1, -0.05) is 25.7 Å². The van der Waals surface area contributed by atoms with Gasteiger partial charge in [-0.2, -0.15) is 13.2 Å². The summed E-state index contributed by atoms with van der Waals surface area (Å²) in [6.45, 7) is 8.43. The van der Waals surface area contributed by atoms with Crippen molar-refractivity contribution in [1.82, 2.24) is 14.9 Å². The SMILES string of the molecule is CC1(C)CC(NC(=O)CCCCCCNC(=O)C(F)(F)F)CC(C)(C)N1S. The Hall–Kier alpha value is -0.960. The van der Waals surface area contributed by atoms with Crippen molar-refractivity contribution in [2.45, 2.75) is 95.9 Å². The molecule has 0 spiro atoms. The average molecular weight is 412 g/mol. The van der Waals surface area contributed by atoms with E-state index in [0.717, 1.165) is 19.3 Å². The zero-order valence-electron chi connectivity index (χ0n) is 16.6. The number of piperidine rings is 1. The van der Waals surface area contributed by atoms with E-state index in [-0.39, 0.29) is 29.6 Å². The van der Waals surface area contributed by atoms with E-state index in [4.69, 9.17) is 0 Å². The lowest BCUT2D eigenvalue weighted by Gasteiger charge is -2.52. The lowest BCUT2D eigenvalue weighted by molar-refractivity contribution is -0.173. The lowest BCUT2D eigenvalue weighted by Crippen LogP contribution is -2.60. The van der Waals surface area contributed by atoms with Gasteiger partial charge in [0.05, 0.1) is 0 Å². The molecule has 5 nitrogen and oxygen atoms in total. The standard InChI is InChI=1S/C18H32F3N3O2S/c1-16(2)11-13(12-17(3,4)24(16)27)23-14(25)9-7-5-6-8-10-22-15(26)18(19,20)21/h13,27H,5-12H2,1-4H3,(H,22,26)(H,23,25). The summed E-state index contributed by atoms with van der Waals surface area (Å²) in [6, 6.07) is 0.100. The van der Waals surface area contributed by atoms with E-state index in [2.05, 4.69) is 50.1 Å². The Morgan fingerprint density at radius 1 is 1.04 bits per heavy atom. The molecule has 2 amide bonds. The first-order valence-corrected chi connectivity index (χ1v) is 9.79. The minimum atomic E-state index is -4.83. The highest BCUT2D eigenvalue weighted by atomic mass is 32.1. The summed E-state index contributed by atoms with van der Waals surface area (Å²) in [4.78, 5) is 22.8. The third-order valence-electron chi connectivity index (χ3n) is 4.88. The molecule has 0 aromatic heterocycles. The quantitative estimate of drug-likeness (QED) is 0.423. The van der Waals surface area contributed by atoms with Gasteiger partial charge in [0.15, 0.2) is 0 Å². The van der Waals surface area contributed by atoms with E-state index in [1.54, 1.807) is 0 Å². The maximum Gasteiger partial charge on any atom is 0.471 e. The molecule has 1 rings (SSSR count). The Kier molecular flexibility index (Phi) is 8.47. The summed E-state index contributed by atoms with van der Waals surface area (Å²) in [6.07, 6.45) is -0.231. The van der Waals surface area contributed by atoms with Gasteiger partial charge in [-0.25, -0.2) is 4.31 Å². The lowest BCUT2D eigenvalue weighted by atomic mass is 9.79. The summed E-state index contributed by atoms with van der Waals surface area (Å²) in [5.74, 6) is -1.90. The molecule has 0 aliphatic carbocycles. The fourth-order valence-corrected chi connectivity index (χ4v) is 3.90. The van der Waals surface area contributed by atoms with Gasteiger partial charge in [0.1, 0.15) is 0 Å². The highest BCUT2D eigenvalue weighted by molar-refractivity contribution is 7.77. The van der Waals surface area contributed by atoms with Crippen molar-refractivity contribution in [1.29, 1.82) is 0 Å². The largest absolute Gasteiger partial charge is 0.471 e. The molecule has 0 saturated carbocycles. The number of carbonyl (C=O) groups is 2. The molecule has 1 saturated heterocycles. The van der Waals surface area contributed by atoms with Gasteiger partial charge in [0.25, 0.3) is 0 Å². The molecule has 1 aliphatic rings. The number of rotatable bonds is 8. The molecule has 0 atom stereocenters. The zero-order valence-corrected chi connectivity index (χ0v) is 17.5. The number of nitrogens with one attached hydrogen (secondary N) is 2. The van der Waals surface area contributed by atoms with Crippen LogP contribution in [0, 0.1) is 0 Å². The number of carbonyl (C=O) groups excluding carboxylic acids is 2. The Morgan fingerprint density at radius 2 is 1.56 bits per heavy atom. The molecule has 0 bridgehead atoms. The molecule has 2 N–H and O–H groups in total. The van der Waals surface area contributed by atoms with Crippen molar-refractivity contribution in [2.24, 2.45) is 0 Å². The first-order valence-electron chi connectivity index (χ1n) is 9.39. The van der Waals surface area contributed by atoms with Gasteiger partial charge >= 0.3 is 12.1 Å². The molecular weight excluding hydrogens is 379 g/mol. The third-order valence-corrected chi connectivity index (χ3v) is 5.96. The number of hydrogen-bond donors (Lipinski definition) is 3. The van der Waals surface area contributed by atoms with Gasteiger partial charge in [-0.3, -0.25) is 9.59 Å².